The minimum Gasteiger partial charge on any atom is -0.480 e. The fraction of sp³-hybridized carbons (Fsp3) is 0.333. The highest BCUT2D eigenvalue weighted by Crippen LogP contribution is 2.20. The maximum Gasteiger partial charge on any atom is 0.326 e. The van der Waals surface area contributed by atoms with Gasteiger partial charge in [0.2, 0.25) is 0 Å². The van der Waals surface area contributed by atoms with Gasteiger partial charge in [0.05, 0.1) is 10.5 Å². The van der Waals surface area contributed by atoms with Crippen LogP contribution in [-0.2, 0) is 4.79 Å². The van der Waals surface area contributed by atoms with E-state index in [2.05, 4.69) is 5.32 Å². The van der Waals surface area contributed by atoms with E-state index in [0.29, 0.717) is 3.57 Å². The minimum atomic E-state index is -1.12. The summed E-state index contributed by atoms with van der Waals surface area (Å²) in [5.74, 6) is -1.96. The maximum atomic E-state index is 12.0. The lowest BCUT2D eigenvalue weighted by molar-refractivity contribution is -0.384. The smallest absolute Gasteiger partial charge is 0.326 e. The predicted octanol–water partition coefficient (Wildman–Crippen LogP) is 2.04. The second kappa shape index (κ2) is 6.64. The first-order chi connectivity index (χ1) is 9.23. The number of carbonyl (C=O) groups is 2. The lowest BCUT2D eigenvalue weighted by atomic mass is 10.0. The molecule has 20 heavy (non-hydrogen) atoms. The van der Waals surface area contributed by atoms with Crippen LogP contribution in [0, 0.1) is 19.6 Å². The topological polar surface area (TPSA) is 110 Å². The summed E-state index contributed by atoms with van der Waals surface area (Å²) in [5.41, 5.74) is 0.0905. The molecule has 0 fully saturated rings. The molecule has 8 heteroatoms. The van der Waals surface area contributed by atoms with Crippen LogP contribution in [0.4, 0.5) is 5.69 Å². The zero-order valence-electron chi connectivity index (χ0n) is 10.8. The van der Waals surface area contributed by atoms with Gasteiger partial charge in [-0.25, -0.2) is 4.79 Å². The molecule has 1 rings (SSSR count). The van der Waals surface area contributed by atoms with Gasteiger partial charge in [0.25, 0.3) is 11.6 Å². The molecule has 0 bridgehead atoms. The number of non-ortho nitro benzene ring substituents is 1. The van der Waals surface area contributed by atoms with Gasteiger partial charge < -0.3 is 10.4 Å². The molecule has 0 aliphatic rings. The largest absolute Gasteiger partial charge is 0.480 e. The number of amides is 1. The van der Waals surface area contributed by atoms with Crippen LogP contribution < -0.4 is 5.32 Å². The molecule has 0 saturated carbocycles. The first-order valence-corrected chi connectivity index (χ1v) is 6.79. The van der Waals surface area contributed by atoms with Crippen LogP contribution in [0.25, 0.3) is 0 Å². The summed E-state index contributed by atoms with van der Waals surface area (Å²) in [6, 6.07) is 2.78. The highest BCUT2D eigenvalue weighted by atomic mass is 127. The van der Waals surface area contributed by atoms with E-state index in [-0.39, 0.29) is 17.2 Å². The quantitative estimate of drug-likeness (QED) is 0.453. The minimum absolute atomic E-state index is 0.121. The summed E-state index contributed by atoms with van der Waals surface area (Å²) in [4.78, 5) is 33.1. The van der Waals surface area contributed by atoms with Gasteiger partial charge in [0, 0.05) is 15.7 Å². The van der Waals surface area contributed by atoms with Crippen molar-refractivity contribution in [2.75, 3.05) is 0 Å². The lowest BCUT2D eigenvalue weighted by Crippen LogP contribution is -2.44. The van der Waals surface area contributed by atoms with Gasteiger partial charge >= 0.3 is 5.97 Å². The number of nitro benzene ring substituents is 1. The third-order valence-electron chi connectivity index (χ3n) is 2.63. The number of nitrogens with zero attached hydrogens (tertiary/aromatic N) is 1. The van der Waals surface area contributed by atoms with Gasteiger partial charge in [0.15, 0.2) is 0 Å². The number of carbonyl (C=O) groups excluding carboxylic acids is 1. The van der Waals surface area contributed by atoms with E-state index in [9.17, 15) is 19.7 Å². The van der Waals surface area contributed by atoms with Gasteiger partial charge in [0.1, 0.15) is 6.04 Å². The zero-order valence-corrected chi connectivity index (χ0v) is 12.9. The molecule has 0 radical (unpaired) electrons. The molecule has 0 heterocycles. The normalized spacial score (nSPS) is 12.0. The SMILES string of the molecule is CC(C)[C@H](NC(=O)c1ccc([N+](=O)[O-])cc1I)C(=O)O. The second-order valence-corrected chi connectivity index (χ2v) is 5.62. The van der Waals surface area contributed by atoms with Crippen LogP contribution in [0.2, 0.25) is 0 Å². The number of hydrogen-bond acceptors (Lipinski definition) is 4. The van der Waals surface area contributed by atoms with Crippen molar-refractivity contribution in [3.05, 3.63) is 37.4 Å². The van der Waals surface area contributed by atoms with E-state index in [4.69, 9.17) is 5.11 Å². The molecule has 0 spiro atoms. The predicted molar refractivity (Wildman–Crippen MR) is 79.5 cm³/mol. The van der Waals surface area contributed by atoms with Gasteiger partial charge in [-0.3, -0.25) is 14.9 Å². The Kier molecular flexibility index (Phi) is 5.43. The van der Waals surface area contributed by atoms with Crippen molar-refractivity contribution in [2.24, 2.45) is 5.92 Å². The molecule has 1 atom stereocenters. The highest BCUT2D eigenvalue weighted by molar-refractivity contribution is 14.1. The van der Waals surface area contributed by atoms with E-state index < -0.39 is 22.8 Å². The van der Waals surface area contributed by atoms with Gasteiger partial charge in [-0.2, -0.15) is 0 Å². The molecular formula is C12H13IN2O5. The highest BCUT2D eigenvalue weighted by Gasteiger charge is 2.25. The molecule has 108 valence electrons. The lowest BCUT2D eigenvalue weighted by Gasteiger charge is -2.18. The number of rotatable bonds is 5. The van der Waals surface area contributed by atoms with Crippen molar-refractivity contribution in [2.45, 2.75) is 19.9 Å². The van der Waals surface area contributed by atoms with E-state index in [0.717, 1.165) is 0 Å². The van der Waals surface area contributed by atoms with Gasteiger partial charge in [-0.05, 0) is 34.6 Å². The maximum absolute atomic E-state index is 12.0. The molecule has 1 aromatic rings. The summed E-state index contributed by atoms with van der Waals surface area (Å²) in [6.07, 6.45) is 0. The molecule has 2 N–H and O–H groups in total. The average Bonchev–Trinajstić information content (AvgIpc) is 2.34. The van der Waals surface area contributed by atoms with Crippen LogP contribution in [0.1, 0.15) is 24.2 Å². The average molecular weight is 392 g/mol. The van der Waals surface area contributed by atoms with E-state index >= 15 is 0 Å². The van der Waals surface area contributed by atoms with Crippen molar-refractivity contribution >= 4 is 40.2 Å². The Morgan fingerprint density at radius 2 is 2.00 bits per heavy atom. The Labute approximate surface area is 128 Å². The fourth-order valence-electron chi connectivity index (χ4n) is 1.53. The Hall–Kier alpha value is -1.71. The standard InChI is InChI=1S/C12H13IN2O5/c1-6(2)10(12(17)18)14-11(16)8-4-3-7(15(19)20)5-9(8)13/h3-6,10H,1-2H3,(H,14,16)(H,17,18)/t10-/m0/s1. The third kappa shape index (κ3) is 3.89. The van der Waals surface area contributed by atoms with Crippen molar-refractivity contribution in [1.29, 1.82) is 0 Å². The third-order valence-corrected chi connectivity index (χ3v) is 3.52. The molecule has 1 aromatic carbocycles. The number of carboxylic acids is 1. The van der Waals surface area contributed by atoms with E-state index in [1.165, 1.54) is 18.2 Å². The van der Waals surface area contributed by atoms with E-state index in [1.807, 2.05) is 0 Å². The van der Waals surface area contributed by atoms with Gasteiger partial charge in [-0.1, -0.05) is 13.8 Å². The van der Waals surface area contributed by atoms with Gasteiger partial charge in [-0.15, -0.1) is 0 Å². The Morgan fingerprint density at radius 3 is 2.40 bits per heavy atom. The zero-order chi connectivity index (χ0) is 15.4. The van der Waals surface area contributed by atoms with Crippen molar-refractivity contribution in [1.82, 2.24) is 5.32 Å². The summed E-state index contributed by atoms with van der Waals surface area (Å²) < 4.78 is 0.391. The molecule has 0 aromatic heterocycles. The summed E-state index contributed by atoms with van der Waals surface area (Å²) in [6.45, 7) is 3.36. The van der Waals surface area contributed by atoms with Crippen LogP contribution in [0.5, 0.6) is 0 Å². The van der Waals surface area contributed by atoms with E-state index in [1.54, 1.807) is 36.4 Å². The first-order valence-electron chi connectivity index (χ1n) is 5.71. The second-order valence-electron chi connectivity index (χ2n) is 4.45. The van der Waals surface area contributed by atoms with Crippen LogP contribution in [0.3, 0.4) is 0 Å². The number of nitrogens with one attached hydrogen (secondary N) is 1. The number of carboxylic acid groups (broad SMARTS) is 1. The summed E-state index contributed by atoms with van der Waals surface area (Å²) in [5, 5.41) is 22.0. The Bertz CT molecular complexity index is 559. The molecule has 0 aliphatic heterocycles. The van der Waals surface area contributed by atoms with Crippen LogP contribution in [0.15, 0.2) is 18.2 Å². The van der Waals surface area contributed by atoms with Crippen molar-refractivity contribution < 1.29 is 19.6 Å². The number of nitro groups is 1. The Morgan fingerprint density at radius 1 is 1.40 bits per heavy atom. The first kappa shape index (κ1) is 16.3. The molecule has 0 unspecified atom stereocenters. The van der Waals surface area contributed by atoms with Crippen molar-refractivity contribution in [3.8, 4) is 0 Å². The van der Waals surface area contributed by atoms with Crippen molar-refractivity contribution in [3.63, 3.8) is 0 Å². The molecule has 0 saturated heterocycles. The summed E-state index contributed by atoms with van der Waals surface area (Å²) in [7, 11) is 0. The molecular weight excluding hydrogens is 379 g/mol. The summed E-state index contributed by atoms with van der Waals surface area (Å²) >= 11 is 1.80. The van der Waals surface area contributed by atoms with Crippen LogP contribution >= 0.6 is 22.6 Å². The number of benzene rings is 1. The van der Waals surface area contributed by atoms with Crippen LogP contribution in [-0.4, -0.2) is 27.9 Å². The monoisotopic (exact) mass is 392 g/mol. The Balaban J connectivity index is 2.98. The fourth-order valence-corrected chi connectivity index (χ4v) is 2.28. The number of halogens is 1. The molecule has 0 aliphatic carbocycles. The number of aliphatic carboxylic acids is 1. The molecule has 1 amide bonds. The molecule has 7 nitrogen and oxygen atoms in total. The number of hydrogen-bond donors (Lipinski definition) is 2.